The second kappa shape index (κ2) is 8.43. The van der Waals surface area contributed by atoms with Gasteiger partial charge in [0.1, 0.15) is 6.07 Å². The van der Waals surface area contributed by atoms with Crippen LogP contribution in [-0.2, 0) is 5.41 Å². The summed E-state index contributed by atoms with van der Waals surface area (Å²) < 4.78 is 5.81. The molecular formula is C20H33ClN4O. The summed E-state index contributed by atoms with van der Waals surface area (Å²) in [6.07, 6.45) is 6.87. The quantitative estimate of drug-likeness (QED) is 0.510. The van der Waals surface area contributed by atoms with Gasteiger partial charge in [-0.1, -0.05) is 41.5 Å². The minimum absolute atomic E-state index is 0. The number of rotatable bonds is 3. The molecule has 0 radical (unpaired) electrons. The van der Waals surface area contributed by atoms with Gasteiger partial charge in [0, 0.05) is 18.7 Å². The topological polar surface area (TPSA) is 65.4 Å². The molecule has 0 bridgehead atoms. The number of hydrazone groups is 1. The second-order valence-corrected chi connectivity index (χ2v) is 9.30. The van der Waals surface area contributed by atoms with Gasteiger partial charge in [0.25, 0.3) is 5.88 Å². The average Bonchev–Trinajstić information content (AvgIpc) is 2.96. The summed E-state index contributed by atoms with van der Waals surface area (Å²) in [4.78, 5) is 4.31. The molecular weight excluding hydrogens is 348 g/mol. The van der Waals surface area contributed by atoms with E-state index in [-0.39, 0.29) is 17.8 Å². The van der Waals surface area contributed by atoms with Crippen LogP contribution in [0.4, 0.5) is 5.88 Å². The summed E-state index contributed by atoms with van der Waals surface area (Å²) in [5.41, 5.74) is 0.449. The highest BCUT2D eigenvalue weighted by Crippen LogP contribution is 2.39. The molecule has 1 fully saturated rings. The molecule has 146 valence electrons. The Balaban J connectivity index is 0.00000338. The number of halogens is 1. The second-order valence-electron chi connectivity index (χ2n) is 9.30. The van der Waals surface area contributed by atoms with Gasteiger partial charge in [-0.3, -0.25) is 0 Å². The lowest BCUT2D eigenvalue weighted by Crippen LogP contribution is -2.26. The first-order valence-electron chi connectivity index (χ1n) is 9.21. The van der Waals surface area contributed by atoms with E-state index in [1.54, 1.807) is 5.01 Å². The first-order valence-corrected chi connectivity index (χ1v) is 9.21. The summed E-state index contributed by atoms with van der Waals surface area (Å²) in [5, 5.41) is 15.5. The number of anilines is 1. The van der Waals surface area contributed by atoms with Crippen molar-refractivity contribution in [3.63, 3.8) is 0 Å². The molecule has 26 heavy (non-hydrogen) atoms. The number of nitrogens with zero attached hydrogens (tertiary/aromatic N) is 4. The van der Waals surface area contributed by atoms with Crippen molar-refractivity contribution in [1.29, 1.82) is 5.26 Å². The Morgan fingerprint density at radius 1 is 1.15 bits per heavy atom. The fourth-order valence-corrected chi connectivity index (χ4v) is 3.31. The van der Waals surface area contributed by atoms with Gasteiger partial charge in [0.15, 0.2) is 0 Å². The van der Waals surface area contributed by atoms with Crippen LogP contribution in [0.5, 0.6) is 0 Å². The molecule has 0 atom stereocenters. The van der Waals surface area contributed by atoms with Crippen LogP contribution in [-0.4, -0.2) is 18.2 Å². The van der Waals surface area contributed by atoms with Crippen LogP contribution in [0.15, 0.2) is 9.52 Å². The zero-order valence-corrected chi connectivity index (χ0v) is 18.0. The van der Waals surface area contributed by atoms with E-state index in [4.69, 9.17) is 4.42 Å². The van der Waals surface area contributed by atoms with Crippen molar-refractivity contribution in [2.24, 2.45) is 22.4 Å². The number of hydrogen-bond donors (Lipinski definition) is 0. The maximum absolute atomic E-state index is 9.32. The molecule has 1 saturated carbocycles. The van der Waals surface area contributed by atoms with Gasteiger partial charge in [-0.25, -0.2) is 5.01 Å². The van der Waals surface area contributed by atoms with Gasteiger partial charge in [-0.15, -0.1) is 12.4 Å². The lowest BCUT2D eigenvalue weighted by Gasteiger charge is -2.36. The van der Waals surface area contributed by atoms with Crippen LogP contribution in [0, 0.1) is 28.6 Å². The lowest BCUT2D eigenvalue weighted by atomic mass is 9.70. The molecule has 5 nitrogen and oxygen atoms in total. The molecule has 1 aromatic heterocycles. The van der Waals surface area contributed by atoms with Gasteiger partial charge in [0.2, 0.25) is 11.6 Å². The van der Waals surface area contributed by atoms with Gasteiger partial charge in [-0.05, 0) is 42.9 Å². The Kier molecular flexibility index (Phi) is 7.30. The van der Waals surface area contributed by atoms with Crippen molar-refractivity contribution in [3.8, 4) is 6.07 Å². The minimum atomic E-state index is -0.236. The van der Waals surface area contributed by atoms with E-state index in [1.807, 2.05) is 34.0 Å². The Morgan fingerprint density at radius 2 is 1.73 bits per heavy atom. The monoisotopic (exact) mass is 380 g/mol. The average molecular weight is 381 g/mol. The molecule has 1 aliphatic carbocycles. The third-order valence-electron chi connectivity index (χ3n) is 5.10. The fraction of sp³-hybridized carbons (Fsp3) is 0.750. The van der Waals surface area contributed by atoms with Crippen LogP contribution in [0.1, 0.15) is 78.8 Å². The van der Waals surface area contributed by atoms with Crippen molar-refractivity contribution in [2.45, 2.75) is 72.6 Å². The normalized spacial score (nSPS) is 21.3. The van der Waals surface area contributed by atoms with Crippen molar-refractivity contribution >= 4 is 24.5 Å². The van der Waals surface area contributed by atoms with Gasteiger partial charge >= 0.3 is 0 Å². The van der Waals surface area contributed by atoms with Crippen LogP contribution in [0.3, 0.4) is 0 Å². The number of hydrogen-bond acceptors (Lipinski definition) is 5. The van der Waals surface area contributed by atoms with Crippen molar-refractivity contribution < 1.29 is 4.42 Å². The highest BCUT2D eigenvalue weighted by molar-refractivity contribution is 5.85. The predicted octanol–water partition coefficient (Wildman–Crippen LogP) is 5.54. The maximum atomic E-state index is 9.32. The largest absolute Gasteiger partial charge is 0.421 e. The van der Waals surface area contributed by atoms with Crippen molar-refractivity contribution in [1.82, 2.24) is 4.98 Å². The third kappa shape index (κ3) is 5.48. The van der Waals surface area contributed by atoms with Crippen LogP contribution < -0.4 is 5.01 Å². The summed E-state index contributed by atoms with van der Waals surface area (Å²) in [5.74, 6) is 2.28. The molecule has 1 heterocycles. The Bertz CT molecular complexity index is 653. The SMILES string of the molecule is CN(N=CC1CCC(C(C)(C)C)CC1)c1oc(C(C)(C)C)nc1C#N.Cl. The lowest BCUT2D eigenvalue weighted by molar-refractivity contribution is 0.168. The number of nitriles is 1. The van der Waals surface area contributed by atoms with Crippen LogP contribution in [0.25, 0.3) is 0 Å². The summed E-state index contributed by atoms with van der Waals surface area (Å²) in [6.45, 7) is 13.0. The highest BCUT2D eigenvalue weighted by atomic mass is 35.5. The van der Waals surface area contributed by atoms with Crippen molar-refractivity contribution in [2.75, 3.05) is 12.1 Å². The van der Waals surface area contributed by atoms with Crippen LogP contribution >= 0.6 is 12.4 Å². The van der Waals surface area contributed by atoms with Crippen molar-refractivity contribution in [3.05, 3.63) is 11.6 Å². The molecule has 0 amide bonds. The molecule has 0 spiro atoms. The predicted molar refractivity (Wildman–Crippen MR) is 109 cm³/mol. The summed E-state index contributed by atoms with van der Waals surface area (Å²) in [6, 6.07) is 2.11. The van der Waals surface area contributed by atoms with Crippen LogP contribution in [0.2, 0.25) is 0 Å². The number of aromatic nitrogens is 1. The van der Waals surface area contributed by atoms with E-state index in [2.05, 4.69) is 36.9 Å². The first-order chi connectivity index (χ1) is 11.5. The van der Waals surface area contributed by atoms with E-state index in [1.165, 1.54) is 25.7 Å². The minimum Gasteiger partial charge on any atom is -0.421 e. The van der Waals surface area contributed by atoms with Gasteiger partial charge in [0.05, 0.1) is 0 Å². The molecule has 1 aromatic rings. The first kappa shape index (κ1) is 22.5. The molecule has 0 aromatic carbocycles. The Labute approximate surface area is 164 Å². The van der Waals surface area contributed by atoms with E-state index in [0.29, 0.717) is 28.8 Å². The molecule has 1 aliphatic rings. The zero-order chi connectivity index (χ0) is 18.8. The molecule has 0 saturated heterocycles. The van der Waals surface area contributed by atoms with Gasteiger partial charge in [-0.2, -0.15) is 15.3 Å². The van der Waals surface area contributed by atoms with Gasteiger partial charge < -0.3 is 4.42 Å². The number of oxazole rings is 1. The Hall–Kier alpha value is -1.54. The molecule has 6 heteroatoms. The Morgan fingerprint density at radius 3 is 2.19 bits per heavy atom. The molecule has 0 aliphatic heterocycles. The maximum Gasteiger partial charge on any atom is 0.254 e. The highest BCUT2D eigenvalue weighted by Gasteiger charge is 2.29. The molecule has 0 N–H and O–H groups in total. The van der Waals surface area contributed by atoms with E-state index < -0.39 is 0 Å². The van der Waals surface area contributed by atoms with E-state index in [0.717, 1.165) is 5.92 Å². The summed E-state index contributed by atoms with van der Waals surface area (Å²) >= 11 is 0. The standard InChI is InChI=1S/C20H32N4O.ClH/c1-19(2,3)15-10-8-14(9-11-15)13-22-24(7)17-16(12-21)23-18(25-17)20(4,5)6;/h13-15H,8-11H2,1-7H3;1H. The molecule has 0 unspecified atom stereocenters. The smallest absolute Gasteiger partial charge is 0.254 e. The van der Waals surface area contributed by atoms with E-state index in [9.17, 15) is 5.26 Å². The third-order valence-corrected chi connectivity index (χ3v) is 5.10. The molecule has 2 rings (SSSR count). The van der Waals surface area contributed by atoms with E-state index >= 15 is 0 Å². The zero-order valence-electron chi connectivity index (χ0n) is 17.2. The summed E-state index contributed by atoms with van der Waals surface area (Å²) in [7, 11) is 1.81. The fourth-order valence-electron chi connectivity index (χ4n) is 3.31.